The average Bonchev–Trinajstić information content (AvgIpc) is 2.46. The van der Waals surface area contributed by atoms with E-state index in [1.54, 1.807) is 12.1 Å². The number of fused-ring (bicyclic) bond motifs is 1. The van der Waals surface area contributed by atoms with E-state index in [9.17, 15) is 4.79 Å². The minimum atomic E-state index is -0.386. The first-order chi connectivity index (χ1) is 10.1. The summed E-state index contributed by atoms with van der Waals surface area (Å²) < 4.78 is 0. The van der Waals surface area contributed by atoms with Crippen LogP contribution in [0.25, 0.3) is 0 Å². The number of hydrogen-bond acceptors (Lipinski definition) is 4. The topological polar surface area (TPSA) is 75.6 Å². The van der Waals surface area contributed by atoms with Gasteiger partial charge in [0, 0.05) is 30.9 Å². The third kappa shape index (κ3) is 2.70. The number of nitrogens with two attached hydrogens (primary N) is 2. The van der Waals surface area contributed by atoms with E-state index in [1.165, 1.54) is 25.8 Å². The highest BCUT2D eigenvalue weighted by atomic mass is 16.1. The Balaban J connectivity index is 1.92. The van der Waals surface area contributed by atoms with Crippen molar-refractivity contribution >= 4 is 17.3 Å². The highest BCUT2D eigenvalue weighted by molar-refractivity contribution is 5.99. The average molecular weight is 288 g/mol. The van der Waals surface area contributed by atoms with Crippen LogP contribution in [0.3, 0.4) is 0 Å². The third-order valence-electron chi connectivity index (χ3n) is 4.78. The van der Waals surface area contributed by atoms with Crippen LogP contribution in [0.2, 0.25) is 0 Å². The number of nitrogens with zero attached hydrogens (tertiary/aromatic N) is 2. The van der Waals surface area contributed by atoms with E-state index < -0.39 is 0 Å². The molecule has 0 spiro atoms. The molecule has 2 atom stereocenters. The van der Waals surface area contributed by atoms with Gasteiger partial charge in [0.25, 0.3) is 5.91 Å². The first kappa shape index (κ1) is 14.2. The molecule has 3 rings (SSSR count). The summed E-state index contributed by atoms with van der Waals surface area (Å²) >= 11 is 0. The quantitative estimate of drug-likeness (QED) is 0.807. The molecular formula is C16H24N4O. The van der Waals surface area contributed by atoms with Crippen LogP contribution >= 0.6 is 0 Å². The molecule has 21 heavy (non-hydrogen) atoms. The van der Waals surface area contributed by atoms with Crippen molar-refractivity contribution in [2.45, 2.75) is 38.3 Å². The number of rotatable bonds is 2. The normalized spacial score (nSPS) is 26.4. The molecule has 0 saturated carbocycles. The van der Waals surface area contributed by atoms with Crippen molar-refractivity contribution < 1.29 is 4.79 Å². The molecule has 2 aliphatic rings. The predicted molar refractivity (Wildman–Crippen MR) is 85.4 cm³/mol. The van der Waals surface area contributed by atoms with Gasteiger partial charge >= 0.3 is 0 Å². The van der Waals surface area contributed by atoms with E-state index in [4.69, 9.17) is 11.5 Å². The number of primary amides is 1. The monoisotopic (exact) mass is 288 g/mol. The van der Waals surface area contributed by atoms with Gasteiger partial charge in [-0.05, 0) is 44.5 Å². The summed E-state index contributed by atoms with van der Waals surface area (Å²) in [5, 5.41) is 0. The molecule has 0 bridgehead atoms. The zero-order valence-electron chi connectivity index (χ0n) is 12.6. The van der Waals surface area contributed by atoms with Crippen LogP contribution in [0.5, 0.6) is 0 Å². The summed E-state index contributed by atoms with van der Waals surface area (Å²) in [6.07, 6.45) is 3.83. The molecule has 1 amide bonds. The molecule has 1 aromatic rings. The fourth-order valence-electron chi connectivity index (χ4n) is 3.68. The van der Waals surface area contributed by atoms with Gasteiger partial charge in [-0.1, -0.05) is 6.42 Å². The molecule has 5 nitrogen and oxygen atoms in total. The van der Waals surface area contributed by atoms with Gasteiger partial charge < -0.3 is 16.4 Å². The summed E-state index contributed by atoms with van der Waals surface area (Å²) in [6.45, 7) is 5.39. The van der Waals surface area contributed by atoms with Gasteiger partial charge in [0.2, 0.25) is 0 Å². The SMILES string of the molecule is CC1CN2CCCCC2CN1c1cc(N)ccc1C(N)=O. The molecule has 114 valence electrons. The molecule has 1 aromatic carbocycles. The molecule has 2 fully saturated rings. The summed E-state index contributed by atoms with van der Waals surface area (Å²) in [6, 6.07) is 6.31. The van der Waals surface area contributed by atoms with Crippen LogP contribution in [0.4, 0.5) is 11.4 Å². The van der Waals surface area contributed by atoms with Crippen LogP contribution in [-0.4, -0.2) is 42.5 Å². The number of hydrogen-bond donors (Lipinski definition) is 2. The molecule has 0 aliphatic carbocycles. The van der Waals surface area contributed by atoms with Crippen molar-refractivity contribution in [3.8, 4) is 0 Å². The summed E-state index contributed by atoms with van der Waals surface area (Å²) in [5.41, 5.74) is 13.6. The van der Waals surface area contributed by atoms with Crippen molar-refractivity contribution in [2.24, 2.45) is 5.73 Å². The lowest BCUT2D eigenvalue weighted by atomic mass is 9.96. The molecular weight excluding hydrogens is 264 g/mol. The summed E-state index contributed by atoms with van der Waals surface area (Å²) in [4.78, 5) is 16.6. The molecule has 4 N–H and O–H groups in total. The van der Waals surface area contributed by atoms with Crippen LogP contribution in [0.1, 0.15) is 36.5 Å². The van der Waals surface area contributed by atoms with Crippen molar-refractivity contribution in [3.63, 3.8) is 0 Å². The number of amides is 1. The number of piperazine rings is 1. The number of carbonyl (C=O) groups excluding carboxylic acids is 1. The Kier molecular flexibility index (Phi) is 3.76. The molecule has 0 radical (unpaired) electrons. The van der Waals surface area contributed by atoms with Crippen molar-refractivity contribution in [1.29, 1.82) is 0 Å². The third-order valence-corrected chi connectivity index (χ3v) is 4.78. The van der Waals surface area contributed by atoms with E-state index in [1.807, 2.05) is 6.07 Å². The number of benzene rings is 1. The molecule has 0 aromatic heterocycles. The fraction of sp³-hybridized carbons (Fsp3) is 0.562. The maximum absolute atomic E-state index is 11.7. The highest BCUT2D eigenvalue weighted by Crippen LogP contribution is 2.31. The minimum Gasteiger partial charge on any atom is -0.399 e. The predicted octanol–water partition coefficient (Wildman–Crippen LogP) is 1.43. The van der Waals surface area contributed by atoms with Crippen LogP contribution in [0.15, 0.2) is 18.2 Å². The Morgan fingerprint density at radius 1 is 1.29 bits per heavy atom. The van der Waals surface area contributed by atoms with Crippen molar-refractivity contribution in [3.05, 3.63) is 23.8 Å². The molecule has 5 heteroatoms. The van der Waals surface area contributed by atoms with E-state index in [0.717, 1.165) is 18.8 Å². The largest absolute Gasteiger partial charge is 0.399 e. The lowest BCUT2D eigenvalue weighted by Crippen LogP contribution is -2.59. The second-order valence-corrected chi connectivity index (χ2v) is 6.29. The Morgan fingerprint density at radius 2 is 2.10 bits per heavy atom. The lowest BCUT2D eigenvalue weighted by molar-refractivity contribution is 0.0997. The molecule has 2 saturated heterocycles. The van der Waals surface area contributed by atoms with Gasteiger partial charge in [0.15, 0.2) is 0 Å². The van der Waals surface area contributed by atoms with Crippen LogP contribution < -0.4 is 16.4 Å². The van der Waals surface area contributed by atoms with Gasteiger partial charge in [0.05, 0.1) is 11.3 Å². The molecule has 2 heterocycles. The second-order valence-electron chi connectivity index (χ2n) is 6.29. The van der Waals surface area contributed by atoms with Crippen LogP contribution in [-0.2, 0) is 0 Å². The zero-order valence-corrected chi connectivity index (χ0v) is 12.6. The van der Waals surface area contributed by atoms with Gasteiger partial charge in [-0.25, -0.2) is 0 Å². The first-order valence-corrected chi connectivity index (χ1v) is 7.76. The lowest BCUT2D eigenvalue weighted by Gasteiger charge is -2.48. The smallest absolute Gasteiger partial charge is 0.250 e. The fourth-order valence-corrected chi connectivity index (χ4v) is 3.68. The maximum atomic E-state index is 11.7. The number of piperidine rings is 1. The summed E-state index contributed by atoms with van der Waals surface area (Å²) in [7, 11) is 0. The Bertz CT molecular complexity index is 545. The number of carbonyl (C=O) groups is 1. The standard InChI is InChI=1S/C16H24N4O/c1-11-9-19-7-3-2-4-13(19)10-20(11)15-8-12(17)5-6-14(15)16(18)21/h5-6,8,11,13H,2-4,7,9-10,17H2,1H3,(H2,18,21). The van der Waals surface area contributed by atoms with E-state index >= 15 is 0 Å². The van der Waals surface area contributed by atoms with Gasteiger partial charge in [-0.2, -0.15) is 0 Å². The van der Waals surface area contributed by atoms with Crippen molar-refractivity contribution in [1.82, 2.24) is 4.90 Å². The first-order valence-electron chi connectivity index (χ1n) is 7.76. The Labute approximate surface area is 125 Å². The van der Waals surface area contributed by atoms with Gasteiger partial charge in [-0.15, -0.1) is 0 Å². The number of anilines is 2. The molecule has 2 unspecified atom stereocenters. The van der Waals surface area contributed by atoms with Crippen molar-refractivity contribution in [2.75, 3.05) is 30.3 Å². The minimum absolute atomic E-state index is 0.360. The van der Waals surface area contributed by atoms with E-state index in [0.29, 0.717) is 23.3 Å². The molecule has 2 aliphatic heterocycles. The number of nitrogen functional groups attached to an aromatic ring is 1. The second kappa shape index (κ2) is 5.56. The maximum Gasteiger partial charge on any atom is 0.250 e. The van der Waals surface area contributed by atoms with Gasteiger partial charge in [0.1, 0.15) is 0 Å². The van der Waals surface area contributed by atoms with E-state index in [2.05, 4.69) is 16.7 Å². The van der Waals surface area contributed by atoms with E-state index in [-0.39, 0.29) is 5.91 Å². The van der Waals surface area contributed by atoms with Crippen LogP contribution in [0, 0.1) is 0 Å². The Hall–Kier alpha value is -1.75. The zero-order chi connectivity index (χ0) is 15.0. The summed E-state index contributed by atoms with van der Waals surface area (Å²) in [5.74, 6) is -0.386. The van der Waals surface area contributed by atoms with Gasteiger partial charge in [-0.3, -0.25) is 9.69 Å². The highest BCUT2D eigenvalue weighted by Gasteiger charge is 2.34. The Morgan fingerprint density at radius 3 is 2.86 bits per heavy atom.